The van der Waals surface area contributed by atoms with Crippen LogP contribution in [0.15, 0.2) is 59.5 Å². The van der Waals surface area contributed by atoms with Crippen molar-refractivity contribution in [1.82, 2.24) is 9.62 Å². The second kappa shape index (κ2) is 8.53. The topological polar surface area (TPSA) is 61.9 Å². The van der Waals surface area contributed by atoms with Gasteiger partial charge in [-0.05, 0) is 36.4 Å². The molecule has 0 bridgehead atoms. The monoisotopic (exact) mass is 375 g/mol. The van der Waals surface area contributed by atoms with Gasteiger partial charge >= 0.3 is 0 Å². The van der Waals surface area contributed by atoms with Crippen LogP contribution in [0.2, 0.25) is 0 Å². The van der Waals surface area contributed by atoms with Gasteiger partial charge in [-0.15, -0.1) is 0 Å². The smallest absolute Gasteiger partial charge is 0.240 e. The molecule has 1 N–H and O–H groups in total. The number of benzene rings is 2. The van der Waals surface area contributed by atoms with E-state index in [4.69, 9.17) is 4.74 Å². The zero-order chi connectivity index (χ0) is 18.4. The third-order valence-corrected chi connectivity index (χ3v) is 6.06. The van der Waals surface area contributed by atoms with Crippen LogP contribution in [-0.4, -0.2) is 59.7 Å². The highest BCUT2D eigenvalue weighted by Crippen LogP contribution is 2.20. The van der Waals surface area contributed by atoms with Crippen molar-refractivity contribution in [2.75, 3.05) is 51.3 Å². The van der Waals surface area contributed by atoms with Crippen molar-refractivity contribution < 1.29 is 13.2 Å². The number of hydrogen-bond donors (Lipinski definition) is 1. The van der Waals surface area contributed by atoms with Crippen LogP contribution >= 0.6 is 0 Å². The number of rotatable bonds is 7. The quantitative estimate of drug-likeness (QED) is 0.800. The number of nitrogens with one attached hydrogen (secondary N) is 1. The molecule has 7 heteroatoms. The molecule has 1 aliphatic heterocycles. The van der Waals surface area contributed by atoms with Gasteiger partial charge in [0.05, 0.1) is 12.0 Å². The fourth-order valence-corrected chi connectivity index (χ4v) is 4.09. The van der Waals surface area contributed by atoms with E-state index in [2.05, 4.69) is 26.7 Å². The Labute approximate surface area is 155 Å². The molecule has 0 amide bonds. The normalized spacial score (nSPS) is 15.8. The second-order valence-corrected chi connectivity index (χ2v) is 8.00. The molecule has 0 aromatic heterocycles. The van der Waals surface area contributed by atoms with Crippen LogP contribution < -0.4 is 14.4 Å². The van der Waals surface area contributed by atoms with E-state index in [0.717, 1.165) is 31.9 Å². The van der Waals surface area contributed by atoms with E-state index in [1.165, 1.54) is 5.69 Å². The van der Waals surface area contributed by atoms with Crippen molar-refractivity contribution >= 4 is 15.7 Å². The molecule has 0 spiro atoms. The molecule has 2 aromatic rings. The Bertz CT molecular complexity index is 787. The van der Waals surface area contributed by atoms with Crippen LogP contribution in [0.4, 0.5) is 5.69 Å². The Morgan fingerprint density at radius 3 is 2.23 bits per heavy atom. The molecule has 0 radical (unpaired) electrons. The van der Waals surface area contributed by atoms with Gasteiger partial charge in [-0.3, -0.25) is 4.90 Å². The zero-order valence-corrected chi connectivity index (χ0v) is 15.8. The average Bonchev–Trinajstić information content (AvgIpc) is 2.69. The summed E-state index contributed by atoms with van der Waals surface area (Å²) in [5.41, 5.74) is 1.19. The summed E-state index contributed by atoms with van der Waals surface area (Å²) in [5.74, 6) is 0.859. The molecule has 0 unspecified atom stereocenters. The maximum atomic E-state index is 12.2. The minimum absolute atomic E-state index is 0.310. The van der Waals surface area contributed by atoms with Crippen molar-refractivity contribution in [2.24, 2.45) is 0 Å². The number of hydrogen-bond acceptors (Lipinski definition) is 5. The van der Waals surface area contributed by atoms with Crippen LogP contribution in [0.3, 0.4) is 0 Å². The van der Waals surface area contributed by atoms with E-state index in [0.29, 0.717) is 18.0 Å². The Kier molecular flexibility index (Phi) is 6.13. The third kappa shape index (κ3) is 4.75. The number of piperazine rings is 1. The van der Waals surface area contributed by atoms with Crippen molar-refractivity contribution in [3.8, 4) is 5.75 Å². The van der Waals surface area contributed by atoms with Crippen molar-refractivity contribution in [3.05, 3.63) is 54.6 Å². The first kappa shape index (κ1) is 18.7. The minimum atomic E-state index is -3.42. The molecule has 3 rings (SSSR count). The fraction of sp³-hybridized carbons (Fsp3) is 0.368. The van der Waals surface area contributed by atoms with Gasteiger partial charge < -0.3 is 9.64 Å². The third-order valence-electron chi connectivity index (χ3n) is 4.58. The Balaban J connectivity index is 1.44. The van der Waals surface area contributed by atoms with Gasteiger partial charge in [-0.1, -0.05) is 18.2 Å². The molecule has 1 saturated heterocycles. The predicted octanol–water partition coefficient (Wildman–Crippen LogP) is 1.80. The van der Waals surface area contributed by atoms with Crippen molar-refractivity contribution in [1.29, 1.82) is 0 Å². The highest BCUT2D eigenvalue weighted by molar-refractivity contribution is 7.89. The molecule has 1 heterocycles. The van der Waals surface area contributed by atoms with E-state index in [-0.39, 0.29) is 0 Å². The molecule has 2 aromatic carbocycles. The van der Waals surface area contributed by atoms with Gasteiger partial charge in [-0.25, -0.2) is 13.1 Å². The number of ether oxygens (including phenoxy) is 1. The second-order valence-electron chi connectivity index (χ2n) is 6.24. The fourth-order valence-electron chi connectivity index (χ4n) is 3.04. The predicted molar refractivity (Wildman–Crippen MR) is 103 cm³/mol. The van der Waals surface area contributed by atoms with Gasteiger partial charge in [0.1, 0.15) is 5.75 Å². The van der Waals surface area contributed by atoms with Gasteiger partial charge in [0.25, 0.3) is 0 Å². The van der Waals surface area contributed by atoms with E-state index in [1.54, 1.807) is 37.4 Å². The van der Waals surface area contributed by atoms with Crippen LogP contribution in [0.1, 0.15) is 0 Å². The summed E-state index contributed by atoms with van der Waals surface area (Å²) < 4.78 is 32.3. The lowest BCUT2D eigenvalue weighted by Gasteiger charge is -2.36. The number of sulfonamides is 1. The molecule has 0 saturated carbocycles. The summed E-state index contributed by atoms with van der Waals surface area (Å²) in [6.45, 7) is 4.82. The minimum Gasteiger partial charge on any atom is -0.497 e. The Morgan fingerprint density at radius 1 is 0.962 bits per heavy atom. The first-order valence-electron chi connectivity index (χ1n) is 8.74. The average molecular weight is 375 g/mol. The molecule has 6 nitrogen and oxygen atoms in total. The van der Waals surface area contributed by atoms with E-state index in [9.17, 15) is 8.42 Å². The molecular formula is C19H25N3O3S. The summed E-state index contributed by atoms with van der Waals surface area (Å²) in [6, 6.07) is 16.6. The summed E-state index contributed by atoms with van der Waals surface area (Å²) in [4.78, 5) is 4.93. The first-order chi connectivity index (χ1) is 12.6. The van der Waals surface area contributed by atoms with Crippen molar-refractivity contribution in [2.45, 2.75) is 4.90 Å². The molecule has 140 valence electrons. The number of anilines is 1. The van der Waals surface area contributed by atoms with Gasteiger partial charge in [0, 0.05) is 45.0 Å². The maximum Gasteiger partial charge on any atom is 0.240 e. The Hall–Kier alpha value is -2.09. The summed E-state index contributed by atoms with van der Waals surface area (Å²) in [5, 5.41) is 0. The highest BCUT2D eigenvalue weighted by Gasteiger charge is 2.18. The summed E-state index contributed by atoms with van der Waals surface area (Å²) >= 11 is 0. The highest BCUT2D eigenvalue weighted by atomic mass is 32.2. The van der Waals surface area contributed by atoms with E-state index >= 15 is 0 Å². The summed E-state index contributed by atoms with van der Waals surface area (Å²) in [6.07, 6.45) is 0. The zero-order valence-electron chi connectivity index (χ0n) is 15.0. The van der Waals surface area contributed by atoms with E-state index < -0.39 is 10.0 Å². The lowest BCUT2D eigenvalue weighted by Crippen LogP contribution is -2.48. The van der Waals surface area contributed by atoms with Crippen LogP contribution in [-0.2, 0) is 10.0 Å². The molecular weight excluding hydrogens is 350 g/mol. The first-order valence-corrected chi connectivity index (χ1v) is 10.2. The molecule has 0 atom stereocenters. The number of nitrogens with zero attached hydrogens (tertiary/aromatic N) is 2. The van der Waals surface area contributed by atoms with Crippen LogP contribution in [0.25, 0.3) is 0 Å². The molecule has 1 fully saturated rings. The van der Waals surface area contributed by atoms with Gasteiger partial charge in [0.15, 0.2) is 0 Å². The lowest BCUT2D eigenvalue weighted by molar-refractivity contribution is 0.262. The largest absolute Gasteiger partial charge is 0.497 e. The SMILES string of the molecule is COc1ccc(N2CCN(CCNS(=O)(=O)c3ccccc3)CC2)cc1. The Morgan fingerprint density at radius 2 is 1.62 bits per heavy atom. The van der Waals surface area contributed by atoms with Crippen LogP contribution in [0, 0.1) is 0 Å². The summed E-state index contributed by atoms with van der Waals surface area (Å²) in [7, 11) is -1.75. The van der Waals surface area contributed by atoms with Gasteiger partial charge in [0.2, 0.25) is 10.0 Å². The van der Waals surface area contributed by atoms with Crippen LogP contribution in [0.5, 0.6) is 5.75 Å². The van der Waals surface area contributed by atoms with Gasteiger partial charge in [-0.2, -0.15) is 0 Å². The number of methoxy groups -OCH3 is 1. The lowest BCUT2D eigenvalue weighted by atomic mass is 10.2. The van der Waals surface area contributed by atoms with Crippen molar-refractivity contribution in [3.63, 3.8) is 0 Å². The molecule has 0 aliphatic carbocycles. The maximum absolute atomic E-state index is 12.2. The molecule has 1 aliphatic rings. The van der Waals surface area contributed by atoms with E-state index in [1.807, 2.05) is 12.1 Å². The standard InChI is InChI=1S/C19H25N3O3S/c1-25-18-9-7-17(8-10-18)22-15-13-21(14-16-22)12-11-20-26(23,24)19-5-3-2-4-6-19/h2-10,20H,11-16H2,1H3. The molecule has 26 heavy (non-hydrogen) atoms.